The van der Waals surface area contributed by atoms with E-state index in [0.29, 0.717) is 17.7 Å². The monoisotopic (exact) mass is 424 g/mol. The van der Waals surface area contributed by atoms with Crippen molar-refractivity contribution in [2.24, 2.45) is 0 Å². The average molecular weight is 425 g/mol. The first kappa shape index (κ1) is 18.9. The van der Waals surface area contributed by atoms with E-state index in [-0.39, 0.29) is 11.9 Å². The van der Waals surface area contributed by atoms with Gasteiger partial charge in [-0.2, -0.15) is 0 Å². The molecule has 0 spiro atoms. The Morgan fingerprint density at radius 3 is 2.66 bits per heavy atom. The molecule has 0 saturated heterocycles. The van der Waals surface area contributed by atoms with Crippen molar-refractivity contribution >= 4 is 29.0 Å². The number of rotatable bonds is 8. The van der Waals surface area contributed by atoms with Crippen molar-refractivity contribution in [3.63, 3.8) is 0 Å². The highest BCUT2D eigenvalue weighted by Crippen LogP contribution is 2.46. The van der Waals surface area contributed by atoms with Crippen molar-refractivity contribution in [1.29, 1.82) is 0 Å². The minimum Gasteiger partial charge on any atom is -0.344 e. The van der Waals surface area contributed by atoms with Crippen LogP contribution in [0.3, 0.4) is 0 Å². The van der Waals surface area contributed by atoms with Gasteiger partial charge in [0, 0.05) is 16.8 Å². The predicted molar refractivity (Wildman–Crippen MR) is 116 cm³/mol. The van der Waals surface area contributed by atoms with Gasteiger partial charge in [-0.25, -0.2) is 0 Å². The highest BCUT2D eigenvalue weighted by atomic mass is 32.2. The number of thioether (sulfide) groups is 1. The van der Waals surface area contributed by atoms with Crippen LogP contribution in [0.25, 0.3) is 0 Å². The summed E-state index contributed by atoms with van der Waals surface area (Å²) in [6.07, 6.45) is 4.83. The Morgan fingerprint density at radius 1 is 1.21 bits per heavy atom. The lowest BCUT2D eigenvalue weighted by atomic mass is 10.0. The molecule has 29 heavy (non-hydrogen) atoms. The largest absolute Gasteiger partial charge is 0.344 e. The summed E-state index contributed by atoms with van der Waals surface area (Å²) in [5, 5.41) is 15.0. The molecule has 1 aromatic carbocycles. The number of amides is 1. The number of carbonyl (C=O) groups excluding carboxylic acids is 1. The van der Waals surface area contributed by atoms with Crippen LogP contribution < -0.4 is 5.32 Å². The van der Waals surface area contributed by atoms with Crippen LogP contribution in [0, 0.1) is 6.92 Å². The van der Waals surface area contributed by atoms with Gasteiger partial charge in [-0.3, -0.25) is 4.79 Å². The number of thiophene rings is 1. The van der Waals surface area contributed by atoms with Gasteiger partial charge in [0.1, 0.15) is 5.82 Å². The number of hydrogen-bond acceptors (Lipinski definition) is 5. The lowest BCUT2D eigenvalue weighted by Crippen LogP contribution is -2.30. The lowest BCUT2D eigenvalue weighted by molar-refractivity contribution is -0.119. The molecule has 3 aromatic rings. The van der Waals surface area contributed by atoms with Crippen molar-refractivity contribution in [3.8, 4) is 0 Å². The van der Waals surface area contributed by atoms with Crippen LogP contribution in [-0.2, 0) is 4.79 Å². The molecule has 2 fully saturated rings. The van der Waals surface area contributed by atoms with Crippen LogP contribution in [0.2, 0.25) is 0 Å². The van der Waals surface area contributed by atoms with E-state index >= 15 is 0 Å². The van der Waals surface area contributed by atoms with Gasteiger partial charge >= 0.3 is 0 Å². The van der Waals surface area contributed by atoms with Crippen LogP contribution >= 0.6 is 23.1 Å². The molecular weight excluding hydrogens is 400 g/mol. The summed E-state index contributed by atoms with van der Waals surface area (Å²) in [6.45, 7) is 2.07. The second kappa shape index (κ2) is 7.95. The van der Waals surface area contributed by atoms with E-state index in [1.54, 1.807) is 11.3 Å². The molecule has 0 radical (unpaired) electrons. The topological polar surface area (TPSA) is 59.8 Å². The second-order valence-corrected chi connectivity index (χ2v) is 9.85. The van der Waals surface area contributed by atoms with Gasteiger partial charge in [0.2, 0.25) is 5.91 Å². The van der Waals surface area contributed by atoms with Crippen molar-refractivity contribution in [2.75, 3.05) is 5.75 Å². The van der Waals surface area contributed by atoms with Crippen LogP contribution in [0.15, 0.2) is 46.9 Å². The fourth-order valence-corrected chi connectivity index (χ4v) is 5.17. The van der Waals surface area contributed by atoms with E-state index in [1.807, 2.05) is 6.07 Å². The molecule has 150 valence electrons. The molecule has 2 aromatic heterocycles. The highest BCUT2D eigenvalue weighted by molar-refractivity contribution is 7.99. The SMILES string of the molecule is Cc1ccc([C@H](NC(=O)CSc2nnc(C3CC3)n2C2CC2)c2cccs2)cc1. The standard InChI is InChI=1S/C22H24N4OS2/c1-14-4-6-15(7-5-14)20(18-3-2-12-28-18)23-19(27)13-29-22-25-24-21(16-8-9-16)26(22)17-10-11-17/h2-7,12,16-17,20H,8-11,13H2,1H3,(H,23,27)/t20-/m0/s1. The predicted octanol–water partition coefficient (Wildman–Crippen LogP) is 4.86. The Balaban J connectivity index is 1.28. The Hall–Kier alpha value is -2.12. The number of hydrogen-bond donors (Lipinski definition) is 1. The number of nitrogens with zero attached hydrogens (tertiary/aromatic N) is 3. The van der Waals surface area contributed by atoms with Gasteiger partial charge in [0.05, 0.1) is 11.8 Å². The molecule has 0 unspecified atom stereocenters. The number of benzene rings is 1. The Morgan fingerprint density at radius 2 is 2.00 bits per heavy atom. The average Bonchev–Trinajstić information content (AvgIpc) is 3.66. The minimum absolute atomic E-state index is 0.0206. The molecule has 1 atom stereocenters. The first-order valence-electron chi connectivity index (χ1n) is 10.2. The van der Waals surface area contributed by atoms with Crippen LogP contribution in [0.4, 0.5) is 0 Å². The molecule has 0 bridgehead atoms. The molecular formula is C22H24N4OS2. The molecule has 0 aliphatic heterocycles. The van der Waals surface area contributed by atoms with E-state index in [4.69, 9.17) is 0 Å². The zero-order valence-electron chi connectivity index (χ0n) is 16.4. The van der Waals surface area contributed by atoms with Crippen molar-refractivity contribution in [2.45, 2.75) is 55.8 Å². The van der Waals surface area contributed by atoms with E-state index in [9.17, 15) is 4.79 Å². The fraction of sp³-hybridized carbons (Fsp3) is 0.409. The zero-order chi connectivity index (χ0) is 19.8. The smallest absolute Gasteiger partial charge is 0.231 e. The molecule has 5 nitrogen and oxygen atoms in total. The fourth-order valence-electron chi connectivity index (χ4n) is 3.55. The normalized spacial score (nSPS) is 17.3. The van der Waals surface area contributed by atoms with Crippen LogP contribution in [0.5, 0.6) is 0 Å². The summed E-state index contributed by atoms with van der Waals surface area (Å²) in [5.41, 5.74) is 2.32. The van der Waals surface area contributed by atoms with E-state index < -0.39 is 0 Å². The summed E-state index contributed by atoms with van der Waals surface area (Å²) in [5.74, 6) is 2.08. The first-order chi connectivity index (χ1) is 14.2. The summed E-state index contributed by atoms with van der Waals surface area (Å²) < 4.78 is 2.30. The maximum Gasteiger partial charge on any atom is 0.231 e. The third-order valence-electron chi connectivity index (χ3n) is 5.42. The van der Waals surface area contributed by atoms with Crippen molar-refractivity contribution in [1.82, 2.24) is 20.1 Å². The number of aromatic nitrogens is 3. The van der Waals surface area contributed by atoms with Gasteiger partial charge in [-0.1, -0.05) is 47.7 Å². The molecule has 1 amide bonds. The van der Waals surface area contributed by atoms with Crippen LogP contribution in [0.1, 0.15) is 65.5 Å². The minimum atomic E-state index is -0.118. The summed E-state index contributed by atoms with van der Waals surface area (Å²) in [4.78, 5) is 14.0. The number of nitrogens with one attached hydrogen (secondary N) is 1. The third kappa shape index (κ3) is 4.26. The number of aryl methyl sites for hydroxylation is 1. The van der Waals surface area contributed by atoms with E-state index in [2.05, 4.69) is 62.7 Å². The highest BCUT2D eigenvalue weighted by Gasteiger charge is 2.36. The Kier molecular flexibility index (Phi) is 5.18. The molecule has 2 saturated carbocycles. The molecule has 5 rings (SSSR count). The lowest BCUT2D eigenvalue weighted by Gasteiger charge is -2.18. The third-order valence-corrected chi connectivity index (χ3v) is 7.30. The van der Waals surface area contributed by atoms with Crippen LogP contribution in [-0.4, -0.2) is 26.4 Å². The summed E-state index contributed by atoms with van der Waals surface area (Å²) >= 11 is 3.17. The first-order valence-corrected chi connectivity index (χ1v) is 12.0. The Labute approximate surface area is 178 Å². The molecule has 1 N–H and O–H groups in total. The van der Waals surface area contributed by atoms with Gasteiger partial charge < -0.3 is 9.88 Å². The van der Waals surface area contributed by atoms with Crippen molar-refractivity contribution in [3.05, 3.63) is 63.6 Å². The quantitative estimate of drug-likeness (QED) is 0.525. The van der Waals surface area contributed by atoms with Gasteiger partial charge in [0.15, 0.2) is 5.16 Å². The zero-order valence-corrected chi connectivity index (χ0v) is 18.0. The molecule has 2 aliphatic carbocycles. The molecule has 2 heterocycles. The van der Waals surface area contributed by atoms with Gasteiger partial charge in [0.25, 0.3) is 0 Å². The van der Waals surface area contributed by atoms with Gasteiger partial charge in [-0.05, 0) is 49.6 Å². The maximum atomic E-state index is 12.8. The molecule has 2 aliphatic rings. The number of carbonyl (C=O) groups is 1. The summed E-state index contributed by atoms with van der Waals surface area (Å²) in [6, 6.07) is 12.9. The van der Waals surface area contributed by atoms with E-state index in [1.165, 1.54) is 43.0 Å². The maximum absolute atomic E-state index is 12.8. The Bertz CT molecular complexity index is 989. The molecule has 7 heteroatoms. The van der Waals surface area contributed by atoms with E-state index in [0.717, 1.165) is 21.4 Å². The summed E-state index contributed by atoms with van der Waals surface area (Å²) in [7, 11) is 0. The van der Waals surface area contributed by atoms with Gasteiger partial charge in [-0.15, -0.1) is 21.5 Å². The second-order valence-electron chi connectivity index (χ2n) is 7.93. The van der Waals surface area contributed by atoms with Crippen molar-refractivity contribution < 1.29 is 4.79 Å².